The van der Waals surface area contributed by atoms with Crippen LogP contribution in [0.4, 0.5) is 10.1 Å². The number of nitrogens with zero attached hydrogens (tertiary/aromatic N) is 1. The fourth-order valence-electron chi connectivity index (χ4n) is 4.13. The molecule has 1 aliphatic heterocycles. The minimum Gasteiger partial charge on any atom is -0.324 e. The molecule has 0 radical (unpaired) electrons. The number of aryl methyl sites for hydroxylation is 2. The van der Waals surface area contributed by atoms with Gasteiger partial charge in [-0.1, -0.05) is 44.2 Å². The van der Waals surface area contributed by atoms with E-state index in [1.54, 1.807) is 12.1 Å². The first-order valence-electron chi connectivity index (χ1n) is 10.5. The number of hydrogen-bond donors (Lipinski definition) is 1. The minimum atomic E-state index is -0.162. The monoisotopic (exact) mass is 382 g/mol. The molecule has 1 fully saturated rings. The van der Waals surface area contributed by atoms with Crippen LogP contribution in [0.25, 0.3) is 0 Å². The summed E-state index contributed by atoms with van der Waals surface area (Å²) in [5, 5.41) is 3.16. The molecule has 1 amide bonds. The second kappa shape index (κ2) is 9.83. The average molecular weight is 383 g/mol. The van der Waals surface area contributed by atoms with Crippen molar-refractivity contribution in [2.75, 3.05) is 25.0 Å². The van der Waals surface area contributed by atoms with Gasteiger partial charge in [0.15, 0.2) is 0 Å². The zero-order valence-corrected chi connectivity index (χ0v) is 17.0. The predicted molar refractivity (Wildman–Crippen MR) is 113 cm³/mol. The molecule has 0 aromatic heterocycles. The first-order chi connectivity index (χ1) is 13.6. The van der Waals surface area contributed by atoms with Crippen molar-refractivity contribution >= 4 is 11.6 Å². The van der Waals surface area contributed by atoms with Crippen LogP contribution in [0.2, 0.25) is 0 Å². The van der Waals surface area contributed by atoms with E-state index in [9.17, 15) is 9.18 Å². The maximum absolute atomic E-state index is 13.4. The second-order valence-corrected chi connectivity index (χ2v) is 7.76. The predicted octanol–water partition coefficient (Wildman–Crippen LogP) is 4.84. The number of halogens is 1. The number of benzene rings is 2. The van der Waals surface area contributed by atoms with Crippen LogP contribution in [0.1, 0.15) is 43.4 Å². The number of piperidine rings is 1. The summed E-state index contributed by atoms with van der Waals surface area (Å²) in [7, 11) is 0. The number of rotatable bonds is 7. The Morgan fingerprint density at radius 3 is 2.32 bits per heavy atom. The van der Waals surface area contributed by atoms with Gasteiger partial charge < -0.3 is 5.32 Å². The van der Waals surface area contributed by atoms with Crippen molar-refractivity contribution in [1.82, 2.24) is 4.90 Å². The molecule has 1 N–H and O–H groups in total. The SMILES string of the molecule is CCc1cccc(CC)c1NC(=O)CN1CCC(Cc2cccc(F)c2)CC1. The number of carbonyl (C=O) groups is 1. The first-order valence-corrected chi connectivity index (χ1v) is 10.5. The lowest BCUT2D eigenvalue weighted by atomic mass is 9.90. The molecule has 1 heterocycles. The number of amides is 1. The Kier molecular flexibility index (Phi) is 7.21. The summed E-state index contributed by atoms with van der Waals surface area (Å²) in [6.45, 7) is 6.52. The van der Waals surface area contributed by atoms with Crippen LogP contribution >= 0.6 is 0 Å². The normalized spacial score (nSPS) is 15.5. The van der Waals surface area contributed by atoms with E-state index >= 15 is 0 Å². The van der Waals surface area contributed by atoms with Crippen molar-refractivity contribution < 1.29 is 9.18 Å². The number of anilines is 1. The van der Waals surface area contributed by atoms with Crippen molar-refractivity contribution in [1.29, 1.82) is 0 Å². The van der Waals surface area contributed by atoms with E-state index in [0.717, 1.165) is 56.4 Å². The molecule has 1 saturated heterocycles. The maximum atomic E-state index is 13.4. The molecule has 0 aliphatic carbocycles. The molecule has 0 unspecified atom stereocenters. The van der Waals surface area contributed by atoms with Crippen LogP contribution < -0.4 is 5.32 Å². The number of para-hydroxylation sites is 1. The van der Waals surface area contributed by atoms with Gasteiger partial charge in [-0.05, 0) is 79.9 Å². The van der Waals surface area contributed by atoms with Gasteiger partial charge in [0.05, 0.1) is 6.54 Å². The highest BCUT2D eigenvalue weighted by Crippen LogP contribution is 2.24. The van der Waals surface area contributed by atoms with Gasteiger partial charge in [-0.2, -0.15) is 0 Å². The Morgan fingerprint density at radius 1 is 1.07 bits per heavy atom. The van der Waals surface area contributed by atoms with E-state index in [4.69, 9.17) is 0 Å². The molecule has 2 aromatic carbocycles. The molecule has 0 atom stereocenters. The van der Waals surface area contributed by atoms with Crippen LogP contribution in [-0.2, 0) is 24.1 Å². The Morgan fingerprint density at radius 2 is 1.71 bits per heavy atom. The molecule has 150 valence electrons. The summed E-state index contributed by atoms with van der Waals surface area (Å²) in [5.41, 5.74) is 4.46. The van der Waals surface area contributed by atoms with E-state index in [2.05, 4.69) is 42.3 Å². The van der Waals surface area contributed by atoms with Crippen molar-refractivity contribution in [2.24, 2.45) is 5.92 Å². The molecule has 0 spiro atoms. The van der Waals surface area contributed by atoms with Crippen molar-refractivity contribution in [3.63, 3.8) is 0 Å². The number of carbonyl (C=O) groups excluding carboxylic acids is 1. The third-order valence-corrected chi connectivity index (χ3v) is 5.75. The Bertz CT molecular complexity index is 775. The zero-order valence-electron chi connectivity index (χ0n) is 17.0. The largest absolute Gasteiger partial charge is 0.324 e. The second-order valence-electron chi connectivity index (χ2n) is 7.76. The van der Waals surface area contributed by atoms with Crippen molar-refractivity contribution in [3.05, 3.63) is 65.0 Å². The van der Waals surface area contributed by atoms with Crippen LogP contribution in [-0.4, -0.2) is 30.4 Å². The van der Waals surface area contributed by atoms with Crippen molar-refractivity contribution in [2.45, 2.75) is 46.0 Å². The summed E-state index contributed by atoms with van der Waals surface area (Å²) < 4.78 is 13.4. The highest BCUT2D eigenvalue weighted by atomic mass is 19.1. The van der Waals surface area contributed by atoms with Gasteiger partial charge in [0.25, 0.3) is 0 Å². The van der Waals surface area contributed by atoms with E-state index < -0.39 is 0 Å². The molecule has 3 rings (SSSR count). The van der Waals surface area contributed by atoms with Gasteiger partial charge in [0, 0.05) is 5.69 Å². The van der Waals surface area contributed by atoms with Crippen LogP contribution in [0.3, 0.4) is 0 Å². The van der Waals surface area contributed by atoms with Crippen LogP contribution in [0, 0.1) is 11.7 Å². The summed E-state index contributed by atoms with van der Waals surface area (Å²) >= 11 is 0. The molecular formula is C24H31FN2O. The van der Waals surface area contributed by atoms with Gasteiger partial charge in [0.1, 0.15) is 5.82 Å². The topological polar surface area (TPSA) is 32.3 Å². The van der Waals surface area contributed by atoms with Crippen molar-refractivity contribution in [3.8, 4) is 0 Å². The number of hydrogen-bond acceptors (Lipinski definition) is 2. The standard InChI is InChI=1S/C24H31FN2O/c1-3-20-8-6-9-21(4-2)24(20)26-23(28)17-27-13-11-18(12-14-27)15-19-7-5-10-22(25)16-19/h5-10,16,18H,3-4,11-15,17H2,1-2H3,(H,26,28). The lowest BCUT2D eigenvalue weighted by Crippen LogP contribution is -2.39. The summed E-state index contributed by atoms with van der Waals surface area (Å²) in [6.07, 6.45) is 4.84. The van der Waals surface area contributed by atoms with Crippen LogP contribution in [0.15, 0.2) is 42.5 Å². The lowest BCUT2D eigenvalue weighted by molar-refractivity contribution is -0.117. The van der Waals surface area contributed by atoms with E-state index in [1.165, 1.54) is 17.2 Å². The highest BCUT2D eigenvalue weighted by molar-refractivity contribution is 5.93. The summed E-state index contributed by atoms with van der Waals surface area (Å²) in [5.74, 6) is 0.471. The van der Waals surface area contributed by atoms with Gasteiger partial charge in [-0.3, -0.25) is 9.69 Å². The quantitative estimate of drug-likeness (QED) is 0.743. The molecule has 28 heavy (non-hydrogen) atoms. The Balaban J connectivity index is 1.50. The van der Waals surface area contributed by atoms with E-state index in [0.29, 0.717) is 12.5 Å². The maximum Gasteiger partial charge on any atom is 0.238 e. The van der Waals surface area contributed by atoms with Crippen LogP contribution in [0.5, 0.6) is 0 Å². The third-order valence-electron chi connectivity index (χ3n) is 5.75. The number of nitrogens with one attached hydrogen (secondary N) is 1. The molecule has 3 nitrogen and oxygen atoms in total. The van der Waals surface area contributed by atoms with Gasteiger partial charge in [-0.25, -0.2) is 4.39 Å². The fraction of sp³-hybridized carbons (Fsp3) is 0.458. The minimum absolute atomic E-state index is 0.0687. The van der Waals surface area contributed by atoms with Gasteiger partial charge >= 0.3 is 0 Å². The summed E-state index contributed by atoms with van der Waals surface area (Å²) in [6, 6.07) is 13.2. The summed E-state index contributed by atoms with van der Waals surface area (Å²) in [4.78, 5) is 14.9. The molecule has 4 heteroatoms. The molecule has 1 aliphatic rings. The average Bonchev–Trinajstić information content (AvgIpc) is 2.69. The van der Waals surface area contributed by atoms with Gasteiger partial charge in [-0.15, -0.1) is 0 Å². The molecule has 2 aromatic rings. The lowest BCUT2D eigenvalue weighted by Gasteiger charge is -2.31. The number of likely N-dealkylation sites (tertiary alicyclic amines) is 1. The Labute approximate surface area is 167 Å². The highest BCUT2D eigenvalue weighted by Gasteiger charge is 2.21. The Hall–Kier alpha value is -2.20. The van der Waals surface area contributed by atoms with E-state index in [1.807, 2.05) is 6.07 Å². The molecule has 0 saturated carbocycles. The molecular weight excluding hydrogens is 351 g/mol. The fourth-order valence-corrected chi connectivity index (χ4v) is 4.13. The van der Waals surface area contributed by atoms with Gasteiger partial charge in [0.2, 0.25) is 5.91 Å². The molecule has 0 bridgehead atoms. The first kappa shape index (κ1) is 20.5. The van der Waals surface area contributed by atoms with E-state index in [-0.39, 0.29) is 11.7 Å². The smallest absolute Gasteiger partial charge is 0.238 e. The third kappa shape index (κ3) is 5.41. The zero-order chi connectivity index (χ0) is 19.9.